The first-order valence-corrected chi connectivity index (χ1v) is 5.25. The van der Waals surface area contributed by atoms with Crippen LogP contribution in [0.5, 0.6) is 0 Å². The first-order chi connectivity index (χ1) is 6.35. The molecule has 1 saturated carbocycles. The van der Waals surface area contributed by atoms with Crippen molar-refractivity contribution in [1.82, 2.24) is 4.98 Å². The Labute approximate surface area is 81.4 Å². The molecule has 3 nitrogen and oxygen atoms in total. The van der Waals surface area contributed by atoms with Crippen LogP contribution in [0.2, 0.25) is 0 Å². The minimum atomic E-state index is 0.118. The molecule has 1 N–H and O–H groups in total. The van der Waals surface area contributed by atoms with Crippen LogP contribution in [0.1, 0.15) is 34.3 Å². The van der Waals surface area contributed by atoms with Crippen LogP contribution in [-0.4, -0.2) is 17.2 Å². The number of thiazole rings is 1. The molecule has 0 spiro atoms. The van der Waals surface area contributed by atoms with Gasteiger partial charge in [0, 0.05) is 13.0 Å². The summed E-state index contributed by atoms with van der Waals surface area (Å²) in [5.74, 6) is 0.615. The van der Waals surface area contributed by atoms with Gasteiger partial charge in [-0.3, -0.25) is 0 Å². The standard InChI is InChI=1S/C9H13NO2S/c1-12-5-8-10-9(6-2-3-6)7(4-11)13-8/h6,11H,2-5H2,1H3. The minimum absolute atomic E-state index is 0.118. The van der Waals surface area contributed by atoms with E-state index in [4.69, 9.17) is 9.84 Å². The molecule has 0 unspecified atom stereocenters. The van der Waals surface area contributed by atoms with Gasteiger partial charge in [-0.15, -0.1) is 11.3 Å². The first-order valence-electron chi connectivity index (χ1n) is 4.43. The normalized spacial score (nSPS) is 16.5. The van der Waals surface area contributed by atoms with Crippen LogP contribution in [0.3, 0.4) is 0 Å². The van der Waals surface area contributed by atoms with Gasteiger partial charge in [0.15, 0.2) is 0 Å². The lowest BCUT2D eigenvalue weighted by atomic mass is 10.2. The van der Waals surface area contributed by atoms with Crippen LogP contribution in [0.15, 0.2) is 0 Å². The first kappa shape index (κ1) is 9.12. The van der Waals surface area contributed by atoms with Crippen molar-refractivity contribution in [3.63, 3.8) is 0 Å². The van der Waals surface area contributed by atoms with Crippen molar-refractivity contribution in [2.45, 2.75) is 32.0 Å². The molecule has 13 heavy (non-hydrogen) atoms. The Kier molecular flexibility index (Phi) is 2.62. The lowest BCUT2D eigenvalue weighted by molar-refractivity contribution is 0.184. The number of methoxy groups -OCH3 is 1. The van der Waals surface area contributed by atoms with Gasteiger partial charge in [-0.2, -0.15) is 0 Å². The zero-order chi connectivity index (χ0) is 9.26. The van der Waals surface area contributed by atoms with Crippen molar-refractivity contribution in [3.8, 4) is 0 Å². The molecule has 1 aliphatic rings. The van der Waals surface area contributed by atoms with Crippen LogP contribution in [0, 0.1) is 0 Å². The highest BCUT2D eigenvalue weighted by Gasteiger charge is 2.29. The molecule has 0 amide bonds. The Morgan fingerprint density at radius 3 is 2.92 bits per heavy atom. The number of ether oxygens (including phenoxy) is 1. The second-order valence-corrected chi connectivity index (χ2v) is 4.45. The average molecular weight is 199 g/mol. The summed E-state index contributed by atoms with van der Waals surface area (Å²) in [5, 5.41) is 10.1. The number of aliphatic hydroxyl groups is 1. The SMILES string of the molecule is COCc1nc(C2CC2)c(CO)s1. The molecular formula is C9H13NO2S. The van der Waals surface area contributed by atoms with Crippen molar-refractivity contribution in [1.29, 1.82) is 0 Å². The molecular weight excluding hydrogens is 186 g/mol. The summed E-state index contributed by atoms with van der Waals surface area (Å²) in [6.07, 6.45) is 2.45. The second-order valence-electron chi connectivity index (χ2n) is 3.28. The van der Waals surface area contributed by atoms with E-state index in [-0.39, 0.29) is 6.61 Å². The molecule has 1 heterocycles. The lowest BCUT2D eigenvalue weighted by Gasteiger charge is -1.92. The summed E-state index contributed by atoms with van der Waals surface area (Å²) >= 11 is 1.57. The van der Waals surface area contributed by atoms with Crippen LogP contribution >= 0.6 is 11.3 Å². The summed E-state index contributed by atoms with van der Waals surface area (Å²) in [6, 6.07) is 0. The van der Waals surface area contributed by atoms with Gasteiger partial charge in [0.25, 0.3) is 0 Å². The fraction of sp³-hybridized carbons (Fsp3) is 0.667. The third-order valence-electron chi connectivity index (χ3n) is 2.15. The molecule has 1 aromatic heterocycles. The van der Waals surface area contributed by atoms with Gasteiger partial charge in [-0.05, 0) is 12.8 Å². The fourth-order valence-corrected chi connectivity index (χ4v) is 2.37. The van der Waals surface area contributed by atoms with E-state index in [1.807, 2.05) is 0 Å². The smallest absolute Gasteiger partial charge is 0.119 e. The third-order valence-corrected chi connectivity index (χ3v) is 3.18. The maximum Gasteiger partial charge on any atom is 0.119 e. The number of aliphatic hydroxyl groups excluding tert-OH is 1. The zero-order valence-electron chi connectivity index (χ0n) is 7.62. The topological polar surface area (TPSA) is 42.4 Å². The molecule has 0 aromatic carbocycles. The van der Waals surface area contributed by atoms with E-state index in [1.54, 1.807) is 18.4 Å². The largest absolute Gasteiger partial charge is 0.391 e. The van der Waals surface area contributed by atoms with E-state index in [1.165, 1.54) is 12.8 Å². The molecule has 0 saturated heterocycles. The fourth-order valence-electron chi connectivity index (χ4n) is 1.39. The Balaban J connectivity index is 2.20. The van der Waals surface area contributed by atoms with Crippen molar-refractivity contribution in [2.75, 3.05) is 7.11 Å². The van der Waals surface area contributed by atoms with Gasteiger partial charge in [-0.1, -0.05) is 0 Å². The van der Waals surface area contributed by atoms with Crippen molar-refractivity contribution >= 4 is 11.3 Å². The molecule has 0 aliphatic heterocycles. The van der Waals surface area contributed by atoms with Crippen LogP contribution in [-0.2, 0) is 18.0 Å². The van der Waals surface area contributed by atoms with Gasteiger partial charge < -0.3 is 9.84 Å². The van der Waals surface area contributed by atoms with E-state index in [2.05, 4.69) is 4.98 Å². The molecule has 1 aromatic rings. The number of nitrogens with zero attached hydrogens (tertiary/aromatic N) is 1. The lowest BCUT2D eigenvalue weighted by Crippen LogP contribution is -1.89. The Morgan fingerprint density at radius 1 is 1.62 bits per heavy atom. The van der Waals surface area contributed by atoms with E-state index in [0.717, 1.165) is 15.6 Å². The zero-order valence-corrected chi connectivity index (χ0v) is 8.43. The Bertz CT molecular complexity index is 294. The van der Waals surface area contributed by atoms with Crippen molar-refractivity contribution < 1.29 is 9.84 Å². The summed E-state index contributed by atoms with van der Waals surface area (Å²) < 4.78 is 5.01. The summed E-state index contributed by atoms with van der Waals surface area (Å²) in [7, 11) is 1.66. The predicted octanol–water partition coefficient (Wildman–Crippen LogP) is 1.66. The highest BCUT2D eigenvalue weighted by Crippen LogP contribution is 2.42. The summed E-state index contributed by atoms with van der Waals surface area (Å²) in [5.41, 5.74) is 1.11. The number of rotatable bonds is 4. The van der Waals surface area contributed by atoms with Crippen molar-refractivity contribution in [3.05, 3.63) is 15.6 Å². The summed E-state index contributed by atoms with van der Waals surface area (Å²) in [6.45, 7) is 0.678. The quantitative estimate of drug-likeness (QED) is 0.802. The molecule has 1 fully saturated rings. The monoisotopic (exact) mass is 199 g/mol. The Hall–Kier alpha value is -0.450. The highest BCUT2D eigenvalue weighted by atomic mass is 32.1. The maximum atomic E-state index is 9.11. The molecule has 72 valence electrons. The molecule has 2 rings (SSSR count). The molecule has 0 bridgehead atoms. The highest BCUT2D eigenvalue weighted by molar-refractivity contribution is 7.11. The third kappa shape index (κ3) is 1.90. The number of hydrogen-bond acceptors (Lipinski definition) is 4. The minimum Gasteiger partial charge on any atom is -0.391 e. The van der Waals surface area contributed by atoms with Crippen LogP contribution in [0.25, 0.3) is 0 Å². The van der Waals surface area contributed by atoms with Crippen LogP contribution in [0.4, 0.5) is 0 Å². The molecule has 0 atom stereocenters. The van der Waals surface area contributed by atoms with Gasteiger partial charge in [0.2, 0.25) is 0 Å². The van der Waals surface area contributed by atoms with Gasteiger partial charge in [0.1, 0.15) is 5.01 Å². The molecule has 4 heteroatoms. The van der Waals surface area contributed by atoms with E-state index >= 15 is 0 Å². The van der Waals surface area contributed by atoms with Gasteiger partial charge >= 0.3 is 0 Å². The van der Waals surface area contributed by atoms with E-state index in [9.17, 15) is 0 Å². The molecule has 0 radical (unpaired) electrons. The predicted molar refractivity (Wildman–Crippen MR) is 50.7 cm³/mol. The Morgan fingerprint density at radius 2 is 2.38 bits per heavy atom. The summed E-state index contributed by atoms with van der Waals surface area (Å²) in [4.78, 5) is 5.49. The van der Waals surface area contributed by atoms with Crippen LogP contribution < -0.4 is 0 Å². The second kappa shape index (κ2) is 3.74. The van der Waals surface area contributed by atoms with E-state index < -0.39 is 0 Å². The number of hydrogen-bond donors (Lipinski definition) is 1. The number of aromatic nitrogens is 1. The van der Waals surface area contributed by atoms with Gasteiger partial charge in [0.05, 0.1) is 23.8 Å². The molecule has 1 aliphatic carbocycles. The van der Waals surface area contributed by atoms with Gasteiger partial charge in [-0.25, -0.2) is 4.98 Å². The average Bonchev–Trinajstić information content (AvgIpc) is 2.89. The van der Waals surface area contributed by atoms with Crippen molar-refractivity contribution in [2.24, 2.45) is 0 Å². The van der Waals surface area contributed by atoms with E-state index in [0.29, 0.717) is 12.5 Å². The maximum absolute atomic E-state index is 9.11.